The molecule has 0 amide bonds. The van der Waals surface area contributed by atoms with Crippen molar-refractivity contribution in [2.75, 3.05) is 0 Å². The van der Waals surface area contributed by atoms with Crippen LogP contribution in [-0.4, -0.2) is 11.0 Å². The van der Waals surface area contributed by atoms with Crippen molar-refractivity contribution in [1.29, 1.82) is 0 Å². The van der Waals surface area contributed by atoms with Crippen LogP contribution in [0.2, 0.25) is 10.0 Å². The van der Waals surface area contributed by atoms with Gasteiger partial charge in [-0.05, 0) is 51.0 Å². The number of hydrogen-bond acceptors (Lipinski definition) is 3. The average molecular weight is 343 g/mol. The molecule has 1 aromatic carbocycles. The molecule has 2 rings (SSSR count). The van der Waals surface area contributed by atoms with Crippen molar-refractivity contribution in [2.45, 2.75) is 46.2 Å². The van der Waals surface area contributed by atoms with Crippen LogP contribution >= 0.6 is 34.5 Å². The third kappa shape index (κ3) is 4.19. The Morgan fingerprint density at radius 1 is 1.19 bits per heavy atom. The van der Waals surface area contributed by atoms with Gasteiger partial charge in [-0.15, -0.1) is 11.3 Å². The van der Waals surface area contributed by atoms with Crippen LogP contribution in [0.1, 0.15) is 48.0 Å². The molecule has 0 saturated heterocycles. The molecule has 2 nitrogen and oxygen atoms in total. The van der Waals surface area contributed by atoms with Crippen molar-refractivity contribution in [1.82, 2.24) is 10.3 Å². The van der Waals surface area contributed by atoms with Crippen molar-refractivity contribution in [3.05, 3.63) is 49.4 Å². The highest BCUT2D eigenvalue weighted by Gasteiger charge is 2.21. The fourth-order valence-electron chi connectivity index (χ4n) is 2.29. The molecule has 1 unspecified atom stereocenters. The predicted octanol–water partition coefficient (Wildman–Crippen LogP) is 5.41. The summed E-state index contributed by atoms with van der Waals surface area (Å²) in [7, 11) is 0. The van der Waals surface area contributed by atoms with Crippen molar-refractivity contribution in [3.8, 4) is 0 Å². The van der Waals surface area contributed by atoms with E-state index in [9.17, 15) is 0 Å². The molecule has 1 atom stereocenters. The maximum absolute atomic E-state index is 6.15. The SMILES string of the molecule is CCc1nc(C(NC(C)C)c2cc(Cl)cc(Cl)c2)sc1C. The van der Waals surface area contributed by atoms with Crippen LogP contribution in [0.15, 0.2) is 18.2 Å². The molecule has 0 bridgehead atoms. The lowest BCUT2D eigenvalue weighted by Crippen LogP contribution is -2.29. The van der Waals surface area contributed by atoms with Gasteiger partial charge in [0.25, 0.3) is 0 Å². The van der Waals surface area contributed by atoms with Gasteiger partial charge in [0.1, 0.15) is 5.01 Å². The first kappa shape index (κ1) is 16.8. The molecule has 1 heterocycles. The van der Waals surface area contributed by atoms with Gasteiger partial charge >= 0.3 is 0 Å². The fourth-order valence-corrected chi connectivity index (χ4v) is 3.93. The fraction of sp³-hybridized carbons (Fsp3) is 0.438. The highest BCUT2D eigenvalue weighted by molar-refractivity contribution is 7.11. The molecule has 1 aromatic heterocycles. The summed E-state index contributed by atoms with van der Waals surface area (Å²) in [6.07, 6.45) is 0.951. The van der Waals surface area contributed by atoms with Crippen LogP contribution in [0.3, 0.4) is 0 Å². The minimum Gasteiger partial charge on any atom is -0.302 e. The standard InChI is InChI=1S/C16H20Cl2N2S/c1-5-14-10(4)21-16(20-14)15(19-9(2)3)11-6-12(17)8-13(18)7-11/h6-9,15,19H,5H2,1-4H3. The highest BCUT2D eigenvalue weighted by atomic mass is 35.5. The largest absolute Gasteiger partial charge is 0.302 e. The molecular formula is C16H20Cl2N2S. The van der Waals surface area contributed by atoms with Crippen molar-refractivity contribution in [2.24, 2.45) is 0 Å². The summed E-state index contributed by atoms with van der Waals surface area (Å²) in [5.41, 5.74) is 2.22. The van der Waals surface area contributed by atoms with E-state index in [0.717, 1.165) is 17.0 Å². The van der Waals surface area contributed by atoms with E-state index in [0.29, 0.717) is 16.1 Å². The minimum absolute atomic E-state index is 0.0187. The molecule has 1 N–H and O–H groups in total. The molecule has 0 saturated carbocycles. The first-order chi connectivity index (χ1) is 9.90. The number of nitrogens with zero attached hydrogens (tertiary/aromatic N) is 1. The van der Waals surface area contributed by atoms with Crippen molar-refractivity contribution in [3.63, 3.8) is 0 Å². The summed E-state index contributed by atoms with van der Waals surface area (Å²) in [5.74, 6) is 0. The van der Waals surface area contributed by atoms with Crippen molar-refractivity contribution >= 4 is 34.5 Å². The van der Waals surface area contributed by atoms with E-state index in [1.807, 2.05) is 12.1 Å². The Bertz CT molecular complexity index is 602. The van der Waals surface area contributed by atoms with Crippen LogP contribution in [0.5, 0.6) is 0 Å². The first-order valence-electron chi connectivity index (χ1n) is 7.09. The topological polar surface area (TPSA) is 24.9 Å². The lowest BCUT2D eigenvalue weighted by molar-refractivity contribution is 0.526. The molecule has 0 aliphatic rings. The zero-order valence-electron chi connectivity index (χ0n) is 12.7. The maximum Gasteiger partial charge on any atom is 0.115 e. The number of halogens is 2. The Kier molecular flexibility index (Phi) is 5.67. The summed E-state index contributed by atoms with van der Waals surface area (Å²) in [4.78, 5) is 6.06. The van der Waals surface area contributed by atoms with E-state index >= 15 is 0 Å². The van der Waals surface area contributed by atoms with Gasteiger partial charge in [0.05, 0.1) is 11.7 Å². The first-order valence-corrected chi connectivity index (χ1v) is 8.66. The second-order valence-electron chi connectivity index (χ2n) is 5.37. The van der Waals surface area contributed by atoms with Gasteiger partial charge in [-0.1, -0.05) is 30.1 Å². The summed E-state index contributed by atoms with van der Waals surface area (Å²) in [5, 5.41) is 5.93. The van der Waals surface area contributed by atoms with Crippen LogP contribution < -0.4 is 5.32 Å². The van der Waals surface area contributed by atoms with E-state index in [1.54, 1.807) is 17.4 Å². The van der Waals surface area contributed by atoms with Gasteiger partial charge in [-0.3, -0.25) is 0 Å². The van der Waals surface area contributed by atoms with Gasteiger partial charge < -0.3 is 5.32 Å². The third-order valence-corrected chi connectivity index (χ3v) is 4.72. The molecule has 5 heteroatoms. The second-order valence-corrected chi connectivity index (χ2v) is 7.47. The quantitative estimate of drug-likeness (QED) is 0.785. The molecular weight excluding hydrogens is 323 g/mol. The zero-order valence-corrected chi connectivity index (χ0v) is 15.0. The Hall–Kier alpha value is -0.610. The molecule has 0 fully saturated rings. The van der Waals surface area contributed by atoms with Crippen LogP contribution in [0.25, 0.3) is 0 Å². The summed E-state index contributed by atoms with van der Waals surface area (Å²) < 4.78 is 0. The van der Waals surface area contributed by atoms with Gasteiger partial charge in [-0.2, -0.15) is 0 Å². The smallest absolute Gasteiger partial charge is 0.115 e. The Morgan fingerprint density at radius 2 is 1.81 bits per heavy atom. The lowest BCUT2D eigenvalue weighted by atomic mass is 10.1. The average Bonchev–Trinajstić information content (AvgIpc) is 2.75. The number of thiazole rings is 1. The Balaban J connectivity index is 2.46. The summed E-state index contributed by atoms with van der Waals surface area (Å²) >= 11 is 14.0. The molecule has 2 aromatic rings. The number of nitrogens with one attached hydrogen (secondary N) is 1. The monoisotopic (exact) mass is 342 g/mol. The van der Waals surface area contributed by atoms with Gasteiger partial charge in [0, 0.05) is 21.0 Å². The van der Waals surface area contributed by atoms with E-state index in [-0.39, 0.29) is 6.04 Å². The van der Waals surface area contributed by atoms with Crippen molar-refractivity contribution < 1.29 is 0 Å². The summed E-state index contributed by atoms with van der Waals surface area (Å²) in [6, 6.07) is 6.02. The second kappa shape index (κ2) is 7.10. The van der Waals surface area contributed by atoms with Gasteiger partial charge in [0.15, 0.2) is 0 Å². The van der Waals surface area contributed by atoms with E-state index in [4.69, 9.17) is 28.2 Å². The number of rotatable bonds is 5. The van der Waals surface area contributed by atoms with Crippen LogP contribution in [-0.2, 0) is 6.42 Å². The van der Waals surface area contributed by atoms with Gasteiger partial charge in [-0.25, -0.2) is 4.98 Å². The molecule has 0 spiro atoms. The van der Waals surface area contributed by atoms with E-state index in [2.05, 4.69) is 33.0 Å². The number of aryl methyl sites for hydroxylation is 2. The minimum atomic E-state index is 0.0187. The number of aromatic nitrogens is 1. The van der Waals surface area contributed by atoms with E-state index < -0.39 is 0 Å². The normalized spacial score (nSPS) is 12.9. The highest BCUT2D eigenvalue weighted by Crippen LogP contribution is 2.32. The molecule has 21 heavy (non-hydrogen) atoms. The van der Waals surface area contributed by atoms with Crippen LogP contribution in [0, 0.1) is 6.92 Å². The molecule has 0 aliphatic carbocycles. The van der Waals surface area contributed by atoms with Crippen LogP contribution in [0.4, 0.5) is 0 Å². The molecule has 0 aliphatic heterocycles. The lowest BCUT2D eigenvalue weighted by Gasteiger charge is -2.20. The molecule has 0 radical (unpaired) electrons. The predicted molar refractivity (Wildman–Crippen MR) is 92.8 cm³/mol. The van der Waals surface area contributed by atoms with E-state index in [1.165, 1.54) is 10.6 Å². The molecule has 114 valence electrons. The Labute approximate surface area is 140 Å². The Morgan fingerprint density at radius 3 is 2.29 bits per heavy atom. The summed E-state index contributed by atoms with van der Waals surface area (Å²) in [6.45, 7) is 8.51. The maximum atomic E-state index is 6.15. The number of benzene rings is 1. The zero-order chi connectivity index (χ0) is 15.6. The number of hydrogen-bond donors (Lipinski definition) is 1. The van der Waals surface area contributed by atoms with Gasteiger partial charge in [0.2, 0.25) is 0 Å². The third-order valence-electron chi connectivity index (χ3n) is 3.21.